The molecule has 5 aromatic carbocycles. The molecule has 8 unspecified atom stereocenters. The average molecular weight is 1420 g/mol. The number of rotatable bonds is 49. The van der Waals surface area contributed by atoms with Crippen LogP contribution in [0.15, 0.2) is 91.0 Å². The minimum Gasteiger partial charge on any atom is -0.380 e. The third kappa shape index (κ3) is 20.2. The predicted molar refractivity (Wildman–Crippen MR) is 384 cm³/mol. The van der Waals surface area contributed by atoms with Crippen LogP contribution in [0.4, 0.5) is 11.4 Å². The van der Waals surface area contributed by atoms with Crippen LogP contribution < -0.4 is 33.2 Å². The molecule has 5 aromatic rings. The zero-order valence-electron chi connectivity index (χ0n) is 59.9. The van der Waals surface area contributed by atoms with E-state index in [0.717, 1.165) is 27.7 Å². The number of ether oxygens (including phenoxy) is 12. The van der Waals surface area contributed by atoms with Gasteiger partial charge in [0, 0.05) is 105 Å². The van der Waals surface area contributed by atoms with Gasteiger partial charge in [-0.3, -0.25) is 43.5 Å². The summed E-state index contributed by atoms with van der Waals surface area (Å²) in [6.45, 7) is 19.9. The summed E-state index contributed by atoms with van der Waals surface area (Å²) in [5, 5.41) is 13.3. The van der Waals surface area contributed by atoms with E-state index < -0.39 is 30.2 Å². The molecule has 3 heterocycles. The first kappa shape index (κ1) is 78.9. The topological polar surface area (TPSA) is 337 Å². The van der Waals surface area contributed by atoms with Crippen molar-refractivity contribution in [2.75, 3.05) is 169 Å². The summed E-state index contributed by atoms with van der Waals surface area (Å²) in [5.74, 6) is -4.38. The Kier molecular flexibility index (Phi) is 30.2. The molecule has 4 aliphatic rings. The standard InChI is InChI=1S/C75H103N9O18/c1-8-75(100-45-51(5)97-42-48(2)79-63-21-18-60-66-54(63)12-9-15-57(66)69(85)82(72(60)88)27-33-94-39-36-91-30-24-76,101-46-52(6)98-43-49(3)80-64-22-19-61-67-55(64)13-10-16-58(67)70(86)83(73(61)89)28-34-95-40-37-92-31-25-77)102-47-53(7)99-44-50(4)81-65-23-20-62-68-56(65)14-11-17-59(68)71(87)84(74(62)90)29-35-96-41-38-93-32-26-78/h9-23,48-53,60,63,79-81H,8,24-47,76-78H2,1-7H3. The number of amides is 6. The molecule has 3 aliphatic heterocycles. The maximum absolute atomic E-state index is 13.8. The second-order valence-corrected chi connectivity index (χ2v) is 25.8. The van der Waals surface area contributed by atoms with Crippen LogP contribution >= 0.6 is 0 Å². The summed E-state index contributed by atoms with van der Waals surface area (Å²) in [5.41, 5.74) is 21.7. The number of nitrogens with two attached hydrogens (primary N) is 3. The zero-order valence-corrected chi connectivity index (χ0v) is 59.9. The molecule has 556 valence electrons. The van der Waals surface area contributed by atoms with Crippen LogP contribution in [-0.2, 0) is 61.6 Å². The third-order valence-corrected chi connectivity index (χ3v) is 17.8. The van der Waals surface area contributed by atoms with Gasteiger partial charge in [-0.15, -0.1) is 0 Å². The zero-order chi connectivity index (χ0) is 72.7. The van der Waals surface area contributed by atoms with Crippen LogP contribution in [-0.4, -0.2) is 251 Å². The van der Waals surface area contributed by atoms with Crippen LogP contribution in [0.3, 0.4) is 0 Å². The third-order valence-electron chi connectivity index (χ3n) is 17.8. The summed E-state index contributed by atoms with van der Waals surface area (Å²) in [6, 6.07) is 22.6. The lowest BCUT2D eigenvalue weighted by Crippen LogP contribution is -2.47. The molecular weight excluding hydrogens is 1310 g/mol. The Labute approximate surface area is 596 Å². The van der Waals surface area contributed by atoms with E-state index in [4.69, 9.17) is 74.0 Å². The fourth-order valence-electron chi connectivity index (χ4n) is 12.6. The van der Waals surface area contributed by atoms with Gasteiger partial charge in [-0.25, -0.2) is 0 Å². The van der Waals surface area contributed by atoms with Gasteiger partial charge >= 0.3 is 0 Å². The fraction of sp³-hybridized carbons (Fsp3) is 0.547. The molecule has 9 rings (SSSR count). The van der Waals surface area contributed by atoms with E-state index in [1.807, 2.05) is 109 Å². The van der Waals surface area contributed by atoms with Gasteiger partial charge in [-0.05, 0) is 95.1 Å². The molecule has 0 saturated carbocycles. The highest BCUT2D eigenvalue weighted by molar-refractivity contribution is 6.28. The maximum Gasteiger partial charge on any atom is 0.282 e. The van der Waals surface area contributed by atoms with Crippen molar-refractivity contribution in [1.82, 2.24) is 20.0 Å². The van der Waals surface area contributed by atoms with Crippen molar-refractivity contribution in [1.29, 1.82) is 0 Å². The van der Waals surface area contributed by atoms with Gasteiger partial charge in [0.25, 0.3) is 35.5 Å². The second-order valence-electron chi connectivity index (χ2n) is 25.8. The summed E-state index contributed by atoms with van der Waals surface area (Å²) in [7, 11) is 0. The molecule has 27 nitrogen and oxygen atoms in total. The number of carbonyl (C=O) groups is 6. The maximum atomic E-state index is 13.8. The van der Waals surface area contributed by atoms with E-state index in [-0.39, 0.29) is 145 Å². The molecular formula is C75H103N9O18. The minimum absolute atomic E-state index is 0.0695. The first-order valence-electron chi connectivity index (χ1n) is 35.6. The molecule has 102 heavy (non-hydrogen) atoms. The van der Waals surface area contributed by atoms with Gasteiger partial charge in [-0.1, -0.05) is 55.5 Å². The normalized spacial score (nSPS) is 18.1. The molecule has 0 fully saturated rings. The summed E-state index contributed by atoms with van der Waals surface area (Å²) < 4.78 is 72.2. The highest BCUT2D eigenvalue weighted by Crippen LogP contribution is 2.41. The van der Waals surface area contributed by atoms with Crippen LogP contribution in [0.25, 0.3) is 21.5 Å². The molecule has 0 aromatic heterocycles. The van der Waals surface area contributed by atoms with Gasteiger partial charge < -0.3 is 90.0 Å². The van der Waals surface area contributed by atoms with Crippen molar-refractivity contribution >= 4 is 68.4 Å². The van der Waals surface area contributed by atoms with E-state index >= 15 is 0 Å². The quantitative estimate of drug-likeness (QED) is 0.0110. The van der Waals surface area contributed by atoms with Crippen LogP contribution in [0.1, 0.15) is 130 Å². The van der Waals surface area contributed by atoms with Crippen LogP contribution in [0.2, 0.25) is 0 Å². The first-order chi connectivity index (χ1) is 49.4. The molecule has 6 amide bonds. The van der Waals surface area contributed by atoms with Crippen molar-refractivity contribution < 1.29 is 85.6 Å². The molecule has 1 aliphatic carbocycles. The Morgan fingerprint density at radius 1 is 0.422 bits per heavy atom. The molecule has 9 N–H and O–H groups in total. The van der Waals surface area contributed by atoms with Gasteiger partial charge in [0.05, 0.1) is 169 Å². The number of hydrogen-bond acceptors (Lipinski definition) is 24. The van der Waals surface area contributed by atoms with E-state index in [1.165, 1.54) is 14.7 Å². The molecule has 0 spiro atoms. The summed E-state index contributed by atoms with van der Waals surface area (Å²) >= 11 is 0. The molecule has 27 heteroatoms. The van der Waals surface area contributed by atoms with Crippen molar-refractivity contribution in [2.45, 2.75) is 109 Å². The lowest BCUT2D eigenvalue weighted by molar-refractivity contribution is -0.393. The molecule has 0 radical (unpaired) electrons. The van der Waals surface area contributed by atoms with Crippen molar-refractivity contribution in [2.24, 2.45) is 17.2 Å². The Balaban J connectivity index is 0.801. The molecule has 8 atom stereocenters. The number of imide groups is 3. The summed E-state index contributed by atoms with van der Waals surface area (Å²) in [6.07, 6.45) is 2.74. The van der Waals surface area contributed by atoms with E-state index in [1.54, 1.807) is 30.3 Å². The van der Waals surface area contributed by atoms with Gasteiger partial charge in [0.2, 0.25) is 5.91 Å². The Bertz CT molecular complexity index is 3470. The number of benzene rings is 5. The average Bonchev–Trinajstić information content (AvgIpc) is 0.757. The van der Waals surface area contributed by atoms with E-state index in [2.05, 4.69) is 16.0 Å². The number of anilines is 2. The van der Waals surface area contributed by atoms with Crippen molar-refractivity contribution in [3.05, 3.63) is 130 Å². The van der Waals surface area contributed by atoms with Crippen LogP contribution in [0, 0.1) is 0 Å². The lowest BCUT2D eigenvalue weighted by Gasteiger charge is -2.37. The van der Waals surface area contributed by atoms with Gasteiger partial charge in [-0.2, -0.15) is 0 Å². The van der Waals surface area contributed by atoms with Crippen molar-refractivity contribution in [3.8, 4) is 0 Å². The largest absolute Gasteiger partial charge is 0.380 e. The molecule has 0 bridgehead atoms. The summed E-state index contributed by atoms with van der Waals surface area (Å²) in [4.78, 5) is 86.4. The van der Waals surface area contributed by atoms with Crippen molar-refractivity contribution in [3.63, 3.8) is 0 Å². The monoisotopic (exact) mass is 1420 g/mol. The van der Waals surface area contributed by atoms with E-state index in [9.17, 15) is 28.8 Å². The second kappa shape index (κ2) is 39.0. The number of hydrogen-bond donors (Lipinski definition) is 6. The SMILES string of the molecule is CCC(OCC(C)OCC(C)Nc1ccc2c3c(cccc13)C(=O)N(CCOCCOCCN)C2=O)(OCC(C)OCC(C)Nc1ccc2c3c(cccc13)C(=O)N(CCOCCOCCN)C2=O)OCC(C)OCC(C)NC1C=CC2C(=O)N(CCOCCOCCN)C(=O)c3cccc1c32. The highest BCUT2D eigenvalue weighted by Gasteiger charge is 2.42. The smallest absolute Gasteiger partial charge is 0.282 e. The van der Waals surface area contributed by atoms with Gasteiger partial charge in [0.1, 0.15) is 0 Å². The lowest BCUT2D eigenvalue weighted by atomic mass is 9.78. The number of carbonyl (C=O) groups excluding carboxylic acids is 6. The van der Waals surface area contributed by atoms with Crippen LogP contribution in [0.5, 0.6) is 0 Å². The number of nitrogens with zero attached hydrogens (tertiary/aromatic N) is 3. The Morgan fingerprint density at radius 3 is 1.22 bits per heavy atom. The fourth-order valence-corrected chi connectivity index (χ4v) is 12.6. The number of nitrogens with one attached hydrogen (secondary N) is 3. The van der Waals surface area contributed by atoms with E-state index in [0.29, 0.717) is 123 Å². The predicted octanol–water partition coefficient (Wildman–Crippen LogP) is 6.15. The first-order valence-corrected chi connectivity index (χ1v) is 35.6. The highest BCUT2D eigenvalue weighted by atomic mass is 16.9. The Hall–Kier alpha value is -7.26. The Morgan fingerprint density at radius 2 is 0.794 bits per heavy atom. The minimum atomic E-state index is -1.57. The van der Waals surface area contributed by atoms with Gasteiger partial charge in [0.15, 0.2) is 0 Å². The molecule has 0 saturated heterocycles.